The highest BCUT2D eigenvalue weighted by atomic mass is 79.9. The Morgan fingerprint density at radius 2 is 1.35 bits per heavy atom. The summed E-state index contributed by atoms with van der Waals surface area (Å²) in [6.07, 6.45) is 9.52. The molecular formula is C33H34BrNOS. The molecule has 1 aromatic heterocycles. The number of carbonyl (C=O) groups excluding carboxylic acids is 1. The van der Waals surface area contributed by atoms with E-state index in [1.54, 1.807) is 6.08 Å². The second kappa shape index (κ2) is 13.0. The van der Waals surface area contributed by atoms with Crippen LogP contribution >= 0.6 is 27.3 Å². The molecule has 190 valence electrons. The number of hydrogen-bond acceptors (Lipinski definition) is 3. The van der Waals surface area contributed by atoms with E-state index in [-0.39, 0.29) is 5.78 Å². The third-order valence-corrected chi connectivity index (χ3v) is 8.44. The standard InChI is InChI=1S/C33H34BrNOS/c1-4-5-6-7-8-27-23-32(37-33(27)34)31(36)22-15-26-13-20-30(21-14-26)35(28-16-9-24(2)10-17-28)29-18-11-25(3)12-19-29/h9-23H,4-8H2,1-3H3. The zero-order valence-electron chi connectivity index (χ0n) is 21.8. The van der Waals surface area contributed by atoms with Crippen LogP contribution in [-0.2, 0) is 6.42 Å². The molecule has 1 heterocycles. The Morgan fingerprint density at radius 1 is 0.811 bits per heavy atom. The largest absolute Gasteiger partial charge is 0.311 e. The number of ketones is 1. The van der Waals surface area contributed by atoms with Gasteiger partial charge in [0.25, 0.3) is 0 Å². The Labute approximate surface area is 233 Å². The van der Waals surface area contributed by atoms with Crippen LogP contribution in [0.4, 0.5) is 17.1 Å². The number of allylic oxidation sites excluding steroid dienone is 1. The summed E-state index contributed by atoms with van der Waals surface area (Å²) in [6, 6.07) is 27.6. The molecule has 37 heavy (non-hydrogen) atoms. The Balaban J connectivity index is 1.49. The highest BCUT2D eigenvalue weighted by molar-refractivity contribution is 9.11. The van der Waals surface area contributed by atoms with E-state index in [9.17, 15) is 4.79 Å². The minimum Gasteiger partial charge on any atom is -0.311 e. The van der Waals surface area contributed by atoms with Crippen molar-refractivity contribution in [2.45, 2.75) is 52.9 Å². The van der Waals surface area contributed by atoms with Crippen molar-refractivity contribution >= 4 is 56.2 Å². The van der Waals surface area contributed by atoms with Crippen LogP contribution in [-0.4, -0.2) is 5.78 Å². The van der Waals surface area contributed by atoms with Gasteiger partial charge in [0.15, 0.2) is 5.78 Å². The first kappa shape index (κ1) is 27.1. The summed E-state index contributed by atoms with van der Waals surface area (Å²) >= 11 is 5.19. The van der Waals surface area contributed by atoms with Crippen molar-refractivity contribution in [2.75, 3.05) is 4.90 Å². The number of benzene rings is 3. The van der Waals surface area contributed by atoms with Crippen LogP contribution in [0.1, 0.15) is 64.5 Å². The van der Waals surface area contributed by atoms with E-state index >= 15 is 0 Å². The lowest BCUT2D eigenvalue weighted by molar-refractivity contribution is 0.105. The number of aryl methyl sites for hydroxylation is 3. The van der Waals surface area contributed by atoms with Gasteiger partial charge in [0.05, 0.1) is 8.66 Å². The number of hydrogen-bond donors (Lipinski definition) is 0. The number of thiophene rings is 1. The molecule has 0 aliphatic heterocycles. The van der Waals surface area contributed by atoms with Gasteiger partial charge in [-0.05, 0) is 102 Å². The molecule has 2 nitrogen and oxygen atoms in total. The van der Waals surface area contributed by atoms with Gasteiger partial charge in [0, 0.05) is 17.1 Å². The third-order valence-electron chi connectivity index (χ3n) is 6.46. The Kier molecular flexibility index (Phi) is 9.54. The van der Waals surface area contributed by atoms with E-state index in [1.165, 1.54) is 53.7 Å². The van der Waals surface area contributed by atoms with Crippen molar-refractivity contribution in [3.05, 3.63) is 116 Å². The lowest BCUT2D eigenvalue weighted by atomic mass is 10.1. The van der Waals surface area contributed by atoms with E-state index in [0.717, 1.165) is 37.7 Å². The van der Waals surface area contributed by atoms with E-state index in [4.69, 9.17) is 0 Å². The SMILES string of the molecule is CCCCCCc1cc(C(=O)C=Cc2ccc(N(c3ccc(C)cc3)c3ccc(C)cc3)cc2)sc1Br. The first-order chi connectivity index (χ1) is 17.9. The molecular weight excluding hydrogens is 538 g/mol. The fourth-order valence-electron chi connectivity index (χ4n) is 4.26. The molecule has 0 unspecified atom stereocenters. The molecule has 0 radical (unpaired) electrons. The third kappa shape index (κ3) is 7.30. The summed E-state index contributed by atoms with van der Waals surface area (Å²) in [4.78, 5) is 15.9. The van der Waals surface area contributed by atoms with Crippen molar-refractivity contribution in [1.29, 1.82) is 0 Å². The lowest BCUT2D eigenvalue weighted by Crippen LogP contribution is -2.09. The minimum atomic E-state index is 0.0514. The van der Waals surface area contributed by atoms with Gasteiger partial charge in [0.2, 0.25) is 0 Å². The zero-order valence-corrected chi connectivity index (χ0v) is 24.2. The topological polar surface area (TPSA) is 20.3 Å². The summed E-state index contributed by atoms with van der Waals surface area (Å²) in [6.45, 7) is 6.43. The molecule has 0 saturated heterocycles. The highest BCUT2D eigenvalue weighted by Gasteiger charge is 2.13. The van der Waals surface area contributed by atoms with Gasteiger partial charge in [0.1, 0.15) is 0 Å². The number of nitrogens with zero attached hydrogens (tertiary/aromatic N) is 1. The molecule has 0 atom stereocenters. The predicted molar refractivity (Wildman–Crippen MR) is 164 cm³/mol. The van der Waals surface area contributed by atoms with Gasteiger partial charge in [-0.3, -0.25) is 4.79 Å². The average Bonchev–Trinajstić information content (AvgIpc) is 3.28. The van der Waals surface area contributed by atoms with Gasteiger partial charge >= 0.3 is 0 Å². The van der Waals surface area contributed by atoms with Crippen LogP contribution in [0.2, 0.25) is 0 Å². The second-order valence-corrected chi connectivity index (χ2v) is 11.9. The molecule has 4 heteroatoms. The van der Waals surface area contributed by atoms with Crippen LogP contribution < -0.4 is 4.90 Å². The molecule has 0 aliphatic carbocycles. The highest BCUT2D eigenvalue weighted by Crippen LogP contribution is 2.35. The van der Waals surface area contributed by atoms with E-state index in [0.29, 0.717) is 0 Å². The summed E-state index contributed by atoms with van der Waals surface area (Å²) in [5.41, 5.74) is 8.02. The average molecular weight is 573 g/mol. The Bertz CT molecular complexity index is 1290. The zero-order chi connectivity index (χ0) is 26.2. The maximum absolute atomic E-state index is 12.9. The van der Waals surface area contributed by atoms with Crippen molar-refractivity contribution < 1.29 is 4.79 Å². The molecule has 3 aromatic carbocycles. The van der Waals surface area contributed by atoms with Crippen LogP contribution in [0.15, 0.2) is 88.7 Å². The van der Waals surface area contributed by atoms with Crippen molar-refractivity contribution in [3.63, 3.8) is 0 Å². The molecule has 0 aliphatic rings. The number of halogens is 1. The molecule has 0 spiro atoms. The second-order valence-electron chi connectivity index (χ2n) is 9.52. The number of rotatable bonds is 11. The van der Waals surface area contributed by atoms with Crippen molar-refractivity contribution in [2.24, 2.45) is 0 Å². The summed E-state index contributed by atoms with van der Waals surface area (Å²) < 4.78 is 1.08. The Morgan fingerprint density at radius 3 is 1.89 bits per heavy atom. The smallest absolute Gasteiger partial charge is 0.195 e. The van der Waals surface area contributed by atoms with Crippen molar-refractivity contribution in [1.82, 2.24) is 0 Å². The van der Waals surface area contributed by atoms with Crippen LogP contribution in [0, 0.1) is 13.8 Å². The van der Waals surface area contributed by atoms with Crippen molar-refractivity contribution in [3.8, 4) is 0 Å². The summed E-state index contributed by atoms with van der Waals surface area (Å²) in [5.74, 6) is 0.0514. The van der Waals surface area contributed by atoms with Gasteiger partial charge in [-0.2, -0.15) is 0 Å². The number of unbranched alkanes of at least 4 members (excludes halogenated alkanes) is 3. The van der Waals surface area contributed by atoms with Gasteiger partial charge in [-0.25, -0.2) is 0 Å². The molecule has 0 bridgehead atoms. The van der Waals surface area contributed by atoms with Crippen LogP contribution in [0.5, 0.6) is 0 Å². The quantitative estimate of drug-likeness (QED) is 0.101. The van der Waals surface area contributed by atoms with Gasteiger partial charge in [-0.15, -0.1) is 11.3 Å². The Hall–Kier alpha value is -2.95. The van der Waals surface area contributed by atoms with Gasteiger partial charge in [-0.1, -0.05) is 79.8 Å². The maximum Gasteiger partial charge on any atom is 0.195 e. The minimum absolute atomic E-state index is 0.0514. The van der Waals surface area contributed by atoms with E-state index in [2.05, 4.69) is 120 Å². The molecule has 4 rings (SSSR count). The molecule has 0 amide bonds. The number of carbonyl (C=O) groups is 1. The van der Waals surface area contributed by atoms with Gasteiger partial charge < -0.3 is 4.90 Å². The fraction of sp³-hybridized carbons (Fsp3) is 0.242. The summed E-state index contributed by atoms with van der Waals surface area (Å²) in [7, 11) is 0. The molecule has 4 aromatic rings. The van der Waals surface area contributed by atoms with E-state index < -0.39 is 0 Å². The maximum atomic E-state index is 12.9. The summed E-state index contributed by atoms with van der Waals surface area (Å²) in [5, 5.41) is 0. The fourth-order valence-corrected chi connectivity index (χ4v) is 5.95. The normalized spacial score (nSPS) is 11.2. The van der Waals surface area contributed by atoms with Crippen LogP contribution in [0.25, 0.3) is 6.08 Å². The van der Waals surface area contributed by atoms with Crippen LogP contribution in [0.3, 0.4) is 0 Å². The molecule has 0 fully saturated rings. The molecule has 0 N–H and O–H groups in total. The first-order valence-electron chi connectivity index (χ1n) is 13.0. The monoisotopic (exact) mass is 571 g/mol. The predicted octanol–water partition coefficient (Wildman–Crippen LogP) is 10.6. The molecule has 0 saturated carbocycles. The van der Waals surface area contributed by atoms with E-state index in [1.807, 2.05) is 6.08 Å². The number of anilines is 3. The first-order valence-corrected chi connectivity index (χ1v) is 14.6. The lowest BCUT2D eigenvalue weighted by Gasteiger charge is -2.25.